The zero-order chi connectivity index (χ0) is 46.6. The summed E-state index contributed by atoms with van der Waals surface area (Å²) in [5, 5.41) is 13.7. The Hall–Kier alpha value is -5.44. The fraction of sp³-hybridized carbons (Fsp3) is 0.447. The minimum atomic E-state index is -4.90. The highest BCUT2D eigenvalue weighted by Gasteiger charge is 2.56. The minimum Gasteiger partial charge on any atom is -0.376 e. The third-order valence-corrected chi connectivity index (χ3v) is 14.1. The van der Waals surface area contributed by atoms with E-state index in [0.29, 0.717) is 10.4 Å². The number of hydrogen-bond acceptors (Lipinski definition) is 20. The number of carbonyl (C=O) groups excluding carboxylic acids is 1. The van der Waals surface area contributed by atoms with Crippen LogP contribution in [0.5, 0.6) is 0 Å². The molecule has 3 aliphatic rings. The summed E-state index contributed by atoms with van der Waals surface area (Å²) in [7, 11) is -5.02. The van der Waals surface area contributed by atoms with Crippen molar-refractivity contribution in [2.45, 2.75) is 55.4 Å². The lowest BCUT2D eigenvalue weighted by Crippen LogP contribution is -2.36. The number of phosphoric acid groups is 2. The summed E-state index contributed by atoms with van der Waals surface area (Å²) in [4.78, 5) is 55.5. The van der Waals surface area contributed by atoms with Crippen molar-refractivity contribution in [2.24, 2.45) is 4.99 Å². The first kappa shape index (κ1) is 47.1. The van der Waals surface area contributed by atoms with Crippen LogP contribution in [0, 0.1) is 17.9 Å². The maximum Gasteiger partial charge on any atom is 0.475 e. The lowest BCUT2D eigenvalue weighted by molar-refractivity contribution is -0.0582. The number of H-pyrrole nitrogens is 1. The zero-order valence-corrected chi connectivity index (χ0v) is 37.7. The molecule has 8 rings (SSSR count). The molecule has 10 atom stereocenters. The summed E-state index contributed by atoms with van der Waals surface area (Å²) < 4.78 is 101. The lowest BCUT2D eigenvalue weighted by Gasteiger charge is -2.28. The summed E-state index contributed by atoms with van der Waals surface area (Å²) in [6.45, 7) is 4.59. The van der Waals surface area contributed by atoms with Crippen molar-refractivity contribution < 1.29 is 59.7 Å². The number of thiophene rings is 1. The predicted octanol–water partition coefficient (Wildman–Crippen LogP) is 4.89. The predicted molar refractivity (Wildman–Crippen MR) is 229 cm³/mol. The first-order valence-corrected chi connectivity index (χ1v) is 23.7. The van der Waals surface area contributed by atoms with Crippen LogP contribution in [0.4, 0.5) is 16.2 Å². The van der Waals surface area contributed by atoms with E-state index in [1.807, 2.05) is 6.07 Å². The summed E-state index contributed by atoms with van der Waals surface area (Å²) >= 11 is 1.06. The molecule has 3 aliphatic heterocycles. The molecule has 1 amide bonds. The van der Waals surface area contributed by atoms with Crippen molar-refractivity contribution in [1.29, 1.82) is 5.26 Å². The van der Waals surface area contributed by atoms with Crippen LogP contribution >= 0.6 is 27.0 Å². The Kier molecular flexibility index (Phi) is 14.4. The van der Waals surface area contributed by atoms with E-state index in [1.165, 1.54) is 29.7 Å². The number of phosphoric ester groups is 2. The quantitative estimate of drug-likeness (QED) is 0.0522. The van der Waals surface area contributed by atoms with Gasteiger partial charge in [-0.05, 0) is 12.1 Å². The molecular formula is C38H40FN11O13P2S. The average molecular weight is 972 g/mol. The maximum absolute atomic E-state index is 17.1. The zero-order valence-electron chi connectivity index (χ0n) is 35.1. The number of nitrogens with zero attached hydrogens (tertiary/aromatic N) is 9. The van der Waals surface area contributed by atoms with Gasteiger partial charge in [0.05, 0.1) is 60.8 Å². The van der Waals surface area contributed by atoms with Crippen molar-refractivity contribution in [3.8, 4) is 6.07 Å². The number of rotatable bonds is 13. The summed E-state index contributed by atoms with van der Waals surface area (Å²) in [6, 6.07) is 10.2. The molecule has 2 unspecified atom stereocenters. The highest BCUT2D eigenvalue weighted by molar-refractivity contribution is 7.48. The SMILES string of the molecule is [C-]#[N+]CCOP1(=O)OC[C@H]2O[C@@H](c3scc4c(=O)[nH]c(/N=C/N(C)C)nc34)[C@H](OP(=O)(OCCC#N)OC[C@H]3O[C@@H](n4cnc5c(NC(=O)c6ccccc6)ncnc54)[C@H](F)[C@@H]3O1)[C@@H]2OC. The Bertz CT molecular complexity index is 2840. The molecule has 0 saturated carbocycles. The maximum atomic E-state index is 17.1. The molecular weight excluding hydrogens is 931 g/mol. The van der Waals surface area contributed by atoms with Crippen LogP contribution in [0.1, 0.15) is 34.0 Å². The molecule has 3 saturated heterocycles. The van der Waals surface area contributed by atoms with Crippen LogP contribution in [0.3, 0.4) is 0 Å². The number of alkyl halides is 1. The van der Waals surface area contributed by atoms with Gasteiger partial charge < -0.3 is 29.3 Å². The van der Waals surface area contributed by atoms with Crippen molar-refractivity contribution in [1.82, 2.24) is 34.4 Å². The van der Waals surface area contributed by atoms with Crippen molar-refractivity contribution in [2.75, 3.05) is 59.5 Å². The monoisotopic (exact) mass is 971 g/mol. The van der Waals surface area contributed by atoms with E-state index in [4.69, 9.17) is 47.9 Å². The van der Waals surface area contributed by atoms with Gasteiger partial charge >= 0.3 is 15.6 Å². The average Bonchev–Trinajstić information content (AvgIpc) is 4.08. The largest absolute Gasteiger partial charge is 0.475 e. The summed E-state index contributed by atoms with van der Waals surface area (Å²) in [6.07, 6.45) is -8.95. The van der Waals surface area contributed by atoms with E-state index in [2.05, 4.69) is 40.1 Å². The Labute approximate surface area is 378 Å². The Morgan fingerprint density at radius 1 is 1.11 bits per heavy atom. The number of aromatic amines is 1. The topological polar surface area (TPSA) is 279 Å². The molecule has 2 N–H and O–H groups in total. The van der Waals surface area contributed by atoms with Gasteiger partial charge in [0.25, 0.3) is 11.5 Å². The molecule has 66 heavy (non-hydrogen) atoms. The van der Waals surface area contributed by atoms with E-state index < -0.39 is 103 Å². The van der Waals surface area contributed by atoms with Crippen molar-refractivity contribution in [3.63, 3.8) is 0 Å². The van der Waals surface area contributed by atoms with Crippen LogP contribution in [0.15, 0.2) is 58.2 Å². The normalized spacial score (nSPS) is 29.1. The number of halogens is 1. The van der Waals surface area contributed by atoms with Gasteiger partial charge in [0.2, 0.25) is 12.5 Å². The molecule has 24 nitrogen and oxygen atoms in total. The number of nitriles is 1. The number of nitrogens with one attached hydrogen (secondary N) is 2. The van der Waals surface area contributed by atoms with Gasteiger partial charge in [0.15, 0.2) is 29.4 Å². The molecule has 0 radical (unpaired) electrons. The van der Waals surface area contributed by atoms with Crippen LogP contribution in [0.25, 0.3) is 26.9 Å². The molecule has 5 aromatic rings. The van der Waals surface area contributed by atoms with Gasteiger partial charge in [-0.1, -0.05) is 18.2 Å². The number of anilines is 1. The molecule has 0 spiro atoms. The lowest BCUT2D eigenvalue weighted by atomic mass is 10.1. The number of methoxy groups -OCH3 is 1. The molecule has 28 heteroatoms. The number of benzene rings is 1. The summed E-state index contributed by atoms with van der Waals surface area (Å²) in [5.41, 5.74) is 0.0506. The number of imidazole rings is 1. The van der Waals surface area contributed by atoms with E-state index in [-0.39, 0.29) is 46.8 Å². The van der Waals surface area contributed by atoms with Crippen LogP contribution in [-0.2, 0) is 50.5 Å². The Morgan fingerprint density at radius 3 is 2.58 bits per heavy atom. The van der Waals surface area contributed by atoms with E-state index >= 15 is 4.39 Å². The smallest absolute Gasteiger partial charge is 0.376 e. The van der Waals surface area contributed by atoms with Crippen LogP contribution in [-0.4, -0.2) is 138 Å². The van der Waals surface area contributed by atoms with Gasteiger partial charge in [-0.25, -0.2) is 45.0 Å². The second-order valence-electron chi connectivity index (χ2n) is 14.7. The molecule has 4 aromatic heterocycles. The molecule has 348 valence electrons. The molecule has 3 fully saturated rings. The standard InChI is InChI=1S/C38H40FN11O13P2S/c1-41-12-14-57-65(54)59-16-24-29(55-4)30(31(60-24)32-26-22(17-66-32)36(52)48-38(46-26)45-19-49(2)3)63-64(53,56-13-8-11-40)58-15-23-28(62-65)25(39)37(61-23)50-20-44-27-33(42-18-43-34(27)50)47-35(51)21-9-6-5-7-10-21/h5-7,9-10,17-20,23-25,28-31,37H,8,12-16H2,2-4H3,(H,46,48,52)(H,42,43,47,51)/b45-19+/t23-,24-,25-,28-,29-,30-,31-,37-,64?,65?/m1/s1. The minimum absolute atomic E-state index is 0.00257. The Morgan fingerprint density at radius 2 is 1.85 bits per heavy atom. The number of amides is 1. The van der Waals surface area contributed by atoms with Gasteiger partial charge in [-0.3, -0.25) is 46.3 Å². The first-order chi connectivity index (χ1) is 31.8. The number of carbonyl (C=O) groups is 1. The number of hydrogen-bond donors (Lipinski definition) is 2. The highest BCUT2D eigenvalue weighted by Crippen LogP contribution is 2.59. The number of aliphatic imine (C=N–C) groups is 1. The second-order valence-corrected chi connectivity index (χ2v) is 18.9. The van der Waals surface area contributed by atoms with Gasteiger partial charge in [-0.2, -0.15) is 5.26 Å². The third kappa shape index (κ3) is 9.96. The van der Waals surface area contributed by atoms with E-state index in [0.717, 1.165) is 17.7 Å². The van der Waals surface area contributed by atoms with Crippen molar-refractivity contribution in [3.05, 3.63) is 80.6 Å². The van der Waals surface area contributed by atoms with Gasteiger partial charge in [0, 0.05) is 32.1 Å². The number of ether oxygens (including phenoxy) is 3. The number of fused-ring (bicyclic) bond motifs is 5. The Balaban J connectivity index is 1.15. The highest BCUT2D eigenvalue weighted by atomic mass is 32.1. The summed E-state index contributed by atoms with van der Waals surface area (Å²) in [5.74, 6) is -0.533. The molecule has 2 bridgehead atoms. The third-order valence-electron chi connectivity index (χ3n) is 10.1. The number of aromatic nitrogens is 6. The molecule has 0 aliphatic carbocycles. The second kappa shape index (κ2) is 20.2. The van der Waals surface area contributed by atoms with E-state index in [1.54, 1.807) is 49.3 Å². The van der Waals surface area contributed by atoms with Crippen LogP contribution in [0.2, 0.25) is 0 Å². The molecule has 7 heterocycles. The fourth-order valence-electron chi connectivity index (χ4n) is 7.15. The van der Waals surface area contributed by atoms with Gasteiger partial charge in [0.1, 0.15) is 49.6 Å². The van der Waals surface area contributed by atoms with E-state index in [9.17, 15) is 24.0 Å². The van der Waals surface area contributed by atoms with Gasteiger partial charge in [-0.15, -0.1) is 11.3 Å². The first-order valence-electron chi connectivity index (χ1n) is 19.9. The van der Waals surface area contributed by atoms with Crippen molar-refractivity contribution >= 4 is 73.1 Å². The van der Waals surface area contributed by atoms with Crippen LogP contribution < -0.4 is 10.9 Å². The fourth-order valence-corrected chi connectivity index (χ4v) is 11.0. The molecule has 1 aromatic carbocycles.